The van der Waals surface area contributed by atoms with Gasteiger partial charge in [0.15, 0.2) is 0 Å². The number of benzene rings is 1. The summed E-state index contributed by atoms with van der Waals surface area (Å²) in [5.74, 6) is 0. The van der Waals surface area contributed by atoms with Gasteiger partial charge in [-0.2, -0.15) is 5.10 Å². The molecular weight excluding hydrogens is 310 g/mol. The third kappa shape index (κ3) is 3.64. The van der Waals surface area contributed by atoms with Gasteiger partial charge in [-0.15, -0.1) is 0 Å². The maximum absolute atomic E-state index is 12.2. The molecule has 7 heteroatoms. The Morgan fingerprint density at radius 3 is 2.57 bits per heavy atom. The zero-order chi connectivity index (χ0) is 15.6. The van der Waals surface area contributed by atoms with Crippen LogP contribution >= 0.6 is 11.6 Å². The Labute approximate surface area is 129 Å². The lowest BCUT2D eigenvalue weighted by Crippen LogP contribution is -2.26. The molecule has 21 heavy (non-hydrogen) atoms. The number of hydrogen-bond donors (Lipinski definition) is 2. The first-order chi connectivity index (χ1) is 9.81. The van der Waals surface area contributed by atoms with Gasteiger partial charge in [-0.25, -0.2) is 13.1 Å². The summed E-state index contributed by atoms with van der Waals surface area (Å²) in [6.45, 7) is 5.96. The smallest absolute Gasteiger partial charge is 0.240 e. The summed E-state index contributed by atoms with van der Waals surface area (Å²) in [6.07, 6.45) is 0.590. The predicted molar refractivity (Wildman–Crippen MR) is 83.1 cm³/mol. The zero-order valence-corrected chi connectivity index (χ0v) is 13.8. The van der Waals surface area contributed by atoms with Crippen LogP contribution in [0.3, 0.4) is 0 Å². The average molecular weight is 328 g/mol. The number of sulfonamides is 1. The van der Waals surface area contributed by atoms with Crippen LogP contribution in [-0.4, -0.2) is 25.2 Å². The molecule has 2 rings (SSSR count). The van der Waals surface area contributed by atoms with Gasteiger partial charge in [0.05, 0.1) is 10.6 Å². The minimum Gasteiger partial charge on any atom is -0.282 e. The summed E-state index contributed by atoms with van der Waals surface area (Å²) in [5, 5.41) is 7.42. The normalized spacial score (nSPS) is 11.8. The fourth-order valence-corrected chi connectivity index (χ4v) is 3.38. The van der Waals surface area contributed by atoms with Crippen molar-refractivity contribution >= 4 is 21.6 Å². The number of aromatic amines is 1. The summed E-state index contributed by atoms with van der Waals surface area (Å²) >= 11 is 5.97. The lowest BCUT2D eigenvalue weighted by molar-refractivity contribution is 0.581. The van der Waals surface area contributed by atoms with Gasteiger partial charge in [0.25, 0.3) is 0 Å². The van der Waals surface area contributed by atoms with E-state index < -0.39 is 10.0 Å². The van der Waals surface area contributed by atoms with Crippen molar-refractivity contribution < 1.29 is 8.42 Å². The number of aromatic nitrogens is 2. The van der Waals surface area contributed by atoms with Crippen molar-refractivity contribution in [3.8, 4) is 0 Å². The van der Waals surface area contributed by atoms with Crippen molar-refractivity contribution in [1.29, 1.82) is 0 Å². The van der Waals surface area contributed by atoms with Crippen LogP contribution in [0.1, 0.15) is 22.5 Å². The molecule has 0 saturated heterocycles. The zero-order valence-electron chi connectivity index (χ0n) is 12.2. The highest BCUT2D eigenvalue weighted by molar-refractivity contribution is 7.89. The van der Waals surface area contributed by atoms with Crippen LogP contribution in [0.25, 0.3) is 0 Å². The highest BCUT2D eigenvalue weighted by atomic mass is 35.5. The van der Waals surface area contributed by atoms with Gasteiger partial charge in [-0.3, -0.25) is 5.10 Å². The van der Waals surface area contributed by atoms with E-state index in [1.165, 1.54) is 6.07 Å². The van der Waals surface area contributed by atoms with Gasteiger partial charge in [0.1, 0.15) is 0 Å². The molecule has 5 nitrogen and oxygen atoms in total. The first kappa shape index (κ1) is 16.0. The molecule has 0 spiro atoms. The second kappa shape index (κ2) is 6.17. The number of rotatable bonds is 5. The maximum Gasteiger partial charge on any atom is 0.240 e. The van der Waals surface area contributed by atoms with Gasteiger partial charge in [0.2, 0.25) is 10.0 Å². The molecule has 0 saturated carbocycles. The van der Waals surface area contributed by atoms with E-state index in [1.807, 2.05) is 20.8 Å². The van der Waals surface area contributed by atoms with E-state index in [2.05, 4.69) is 14.9 Å². The SMILES string of the molecule is Cc1ccc(S(=O)(=O)NCCc2c(C)n[nH]c2C)cc1Cl. The van der Waals surface area contributed by atoms with Crippen molar-refractivity contribution in [2.24, 2.45) is 0 Å². The van der Waals surface area contributed by atoms with Crippen LogP contribution in [0.5, 0.6) is 0 Å². The number of halogens is 1. The van der Waals surface area contributed by atoms with Crippen molar-refractivity contribution in [3.05, 3.63) is 45.7 Å². The molecule has 0 bridgehead atoms. The Balaban J connectivity index is 2.06. The summed E-state index contributed by atoms with van der Waals surface area (Å²) in [5.41, 5.74) is 3.75. The monoisotopic (exact) mass is 327 g/mol. The molecule has 1 aromatic heterocycles. The molecule has 2 N–H and O–H groups in total. The van der Waals surface area contributed by atoms with Gasteiger partial charge in [-0.1, -0.05) is 17.7 Å². The van der Waals surface area contributed by atoms with Crippen LogP contribution < -0.4 is 4.72 Å². The molecule has 0 aliphatic heterocycles. The topological polar surface area (TPSA) is 74.8 Å². The molecule has 1 aromatic carbocycles. The van der Waals surface area contributed by atoms with E-state index in [-0.39, 0.29) is 4.90 Å². The predicted octanol–water partition coefficient (Wildman–Crippen LogP) is 2.51. The standard InChI is InChI=1S/C14H18ClN3O2S/c1-9-4-5-12(8-14(9)15)21(19,20)16-7-6-13-10(2)17-18-11(13)3/h4-5,8,16H,6-7H2,1-3H3,(H,17,18). The van der Waals surface area contributed by atoms with Crippen LogP contribution in [0.2, 0.25) is 5.02 Å². The lowest BCUT2D eigenvalue weighted by Gasteiger charge is -2.08. The first-order valence-corrected chi connectivity index (χ1v) is 8.43. The Morgan fingerprint density at radius 2 is 2.00 bits per heavy atom. The highest BCUT2D eigenvalue weighted by Crippen LogP contribution is 2.20. The van der Waals surface area contributed by atoms with Crippen molar-refractivity contribution in [1.82, 2.24) is 14.9 Å². The molecule has 0 aliphatic rings. The third-order valence-corrected chi connectivity index (χ3v) is 5.27. The molecule has 0 atom stereocenters. The molecule has 0 aliphatic carbocycles. The number of H-pyrrole nitrogens is 1. The fourth-order valence-electron chi connectivity index (χ4n) is 2.08. The quantitative estimate of drug-likeness (QED) is 0.886. The average Bonchev–Trinajstić information content (AvgIpc) is 2.73. The Bertz CT molecular complexity index is 734. The Hall–Kier alpha value is -1.37. The molecule has 0 fully saturated rings. The number of hydrogen-bond acceptors (Lipinski definition) is 3. The second-order valence-corrected chi connectivity index (χ2v) is 7.15. The molecule has 0 radical (unpaired) electrons. The largest absolute Gasteiger partial charge is 0.282 e. The van der Waals surface area contributed by atoms with E-state index in [0.29, 0.717) is 18.0 Å². The van der Waals surface area contributed by atoms with Crippen LogP contribution in [0, 0.1) is 20.8 Å². The summed E-state index contributed by atoms with van der Waals surface area (Å²) < 4.78 is 27.0. The van der Waals surface area contributed by atoms with Crippen LogP contribution in [-0.2, 0) is 16.4 Å². The number of aryl methyl sites for hydroxylation is 3. The maximum atomic E-state index is 12.2. The van der Waals surface area contributed by atoms with E-state index in [1.54, 1.807) is 12.1 Å². The fraction of sp³-hybridized carbons (Fsp3) is 0.357. The van der Waals surface area contributed by atoms with E-state index in [0.717, 1.165) is 22.5 Å². The van der Waals surface area contributed by atoms with Crippen molar-refractivity contribution in [3.63, 3.8) is 0 Å². The molecule has 114 valence electrons. The molecule has 0 unspecified atom stereocenters. The van der Waals surface area contributed by atoms with E-state index in [9.17, 15) is 8.42 Å². The van der Waals surface area contributed by atoms with Crippen molar-refractivity contribution in [2.45, 2.75) is 32.1 Å². The minimum absolute atomic E-state index is 0.179. The molecule has 1 heterocycles. The number of nitrogens with zero attached hydrogens (tertiary/aromatic N) is 1. The highest BCUT2D eigenvalue weighted by Gasteiger charge is 2.15. The van der Waals surface area contributed by atoms with Gasteiger partial charge in [0, 0.05) is 17.3 Å². The first-order valence-electron chi connectivity index (χ1n) is 6.57. The van der Waals surface area contributed by atoms with Gasteiger partial charge >= 0.3 is 0 Å². The second-order valence-electron chi connectivity index (χ2n) is 4.97. The Morgan fingerprint density at radius 1 is 1.29 bits per heavy atom. The van der Waals surface area contributed by atoms with Gasteiger partial charge < -0.3 is 0 Å². The Kier molecular flexibility index (Phi) is 4.70. The number of nitrogens with one attached hydrogen (secondary N) is 2. The van der Waals surface area contributed by atoms with Crippen LogP contribution in [0.15, 0.2) is 23.1 Å². The van der Waals surface area contributed by atoms with Gasteiger partial charge in [-0.05, 0) is 50.5 Å². The van der Waals surface area contributed by atoms with E-state index in [4.69, 9.17) is 11.6 Å². The lowest BCUT2D eigenvalue weighted by atomic mass is 10.1. The molecular formula is C14H18ClN3O2S. The third-order valence-electron chi connectivity index (χ3n) is 3.40. The van der Waals surface area contributed by atoms with Crippen LogP contribution in [0.4, 0.5) is 0 Å². The molecule has 2 aromatic rings. The summed E-state index contributed by atoms with van der Waals surface area (Å²) in [6, 6.07) is 4.72. The molecule has 0 amide bonds. The van der Waals surface area contributed by atoms with E-state index >= 15 is 0 Å². The minimum atomic E-state index is -3.54. The summed E-state index contributed by atoms with van der Waals surface area (Å²) in [7, 11) is -3.54. The van der Waals surface area contributed by atoms with Crippen molar-refractivity contribution in [2.75, 3.05) is 6.54 Å². The summed E-state index contributed by atoms with van der Waals surface area (Å²) in [4.78, 5) is 0.179.